The zero-order valence-electron chi connectivity index (χ0n) is 16.1. The molecule has 0 radical (unpaired) electrons. The Morgan fingerprint density at radius 3 is 2.40 bits per heavy atom. The molecule has 0 bridgehead atoms. The number of hydrogen-bond acceptors (Lipinski definition) is 3. The Morgan fingerprint density at radius 1 is 1.24 bits per heavy atom. The quantitative estimate of drug-likeness (QED) is 0.903. The molecule has 0 unspecified atom stereocenters. The third-order valence-corrected chi connectivity index (χ3v) is 4.58. The number of benzene rings is 1. The first-order chi connectivity index (χ1) is 11.5. The zero-order chi connectivity index (χ0) is 18.8. The normalized spacial score (nSPS) is 20.9. The molecule has 25 heavy (non-hydrogen) atoms. The minimum Gasteiger partial charge on any atom is -0.444 e. The average molecular weight is 346 g/mol. The summed E-state index contributed by atoms with van der Waals surface area (Å²) in [5.41, 5.74) is 0.162. The fraction of sp³-hybridized carbons (Fsp3) is 0.600. The Bertz CT molecular complexity index is 620. The van der Waals surface area contributed by atoms with E-state index in [0.717, 1.165) is 12.0 Å². The second-order valence-corrected chi connectivity index (χ2v) is 8.46. The summed E-state index contributed by atoms with van der Waals surface area (Å²) in [5.74, 6) is -0.135. The van der Waals surface area contributed by atoms with E-state index in [1.807, 2.05) is 71.9 Å². The number of ether oxygens (including phenoxy) is 1. The van der Waals surface area contributed by atoms with Crippen molar-refractivity contribution in [2.75, 3.05) is 6.54 Å². The van der Waals surface area contributed by atoms with Gasteiger partial charge in [-0.1, -0.05) is 44.2 Å². The third-order valence-electron chi connectivity index (χ3n) is 4.58. The molecule has 0 spiro atoms. The van der Waals surface area contributed by atoms with Gasteiger partial charge in [0.05, 0.1) is 6.04 Å². The molecule has 1 aliphatic heterocycles. The molecule has 1 N–H and O–H groups in total. The summed E-state index contributed by atoms with van der Waals surface area (Å²) in [6.07, 6.45) is 0.343. The Kier molecular flexibility index (Phi) is 5.45. The number of rotatable bonds is 3. The smallest absolute Gasteiger partial charge is 0.410 e. The molecule has 1 fully saturated rings. The third kappa shape index (κ3) is 4.74. The summed E-state index contributed by atoms with van der Waals surface area (Å²) in [5, 5.41) is 3.05. The fourth-order valence-corrected chi connectivity index (χ4v) is 3.23. The monoisotopic (exact) mass is 346 g/mol. The number of nitrogens with zero attached hydrogens (tertiary/aromatic N) is 1. The summed E-state index contributed by atoms with van der Waals surface area (Å²) in [4.78, 5) is 27.1. The van der Waals surface area contributed by atoms with Gasteiger partial charge in [0.25, 0.3) is 0 Å². The maximum Gasteiger partial charge on any atom is 0.410 e. The lowest BCUT2D eigenvalue weighted by molar-refractivity contribution is -0.128. The first-order valence-corrected chi connectivity index (χ1v) is 8.86. The second-order valence-electron chi connectivity index (χ2n) is 8.46. The molecule has 2 amide bonds. The van der Waals surface area contributed by atoms with Gasteiger partial charge >= 0.3 is 6.09 Å². The van der Waals surface area contributed by atoms with Gasteiger partial charge in [0.1, 0.15) is 11.6 Å². The maximum absolute atomic E-state index is 13.0. The predicted molar refractivity (Wildman–Crippen MR) is 98.1 cm³/mol. The van der Waals surface area contributed by atoms with Gasteiger partial charge in [0.15, 0.2) is 0 Å². The van der Waals surface area contributed by atoms with Crippen molar-refractivity contribution in [2.45, 2.75) is 65.6 Å². The lowest BCUT2D eigenvalue weighted by Crippen LogP contribution is -2.52. The van der Waals surface area contributed by atoms with Crippen LogP contribution in [0, 0.1) is 5.41 Å². The van der Waals surface area contributed by atoms with Crippen LogP contribution in [0.15, 0.2) is 30.3 Å². The van der Waals surface area contributed by atoms with Gasteiger partial charge in [0.2, 0.25) is 5.91 Å². The molecule has 0 aliphatic carbocycles. The van der Waals surface area contributed by atoms with Crippen LogP contribution in [0.5, 0.6) is 0 Å². The van der Waals surface area contributed by atoms with Crippen molar-refractivity contribution >= 4 is 12.0 Å². The highest BCUT2D eigenvalue weighted by Gasteiger charge is 2.48. The molecule has 5 nitrogen and oxygen atoms in total. The van der Waals surface area contributed by atoms with Gasteiger partial charge in [-0.25, -0.2) is 4.79 Å². The Labute approximate surface area is 150 Å². The predicted octanol–water partition coefficient (Wildman–Crippen LogP) is 3.90. The van der Waals surface area contributed by atoms with Gasteiger partial charge < -0.3 is 10.1 Å². The van der Waals surface area contributed by atoms with E-state index in [0.29, 0.717) is 6.54 Å². The van der Waals surface area contributed by atoms with Crippen molar-refractivity contribution in [1.82, 2.24) is 10.2 Å². The van der Waals surface area contributed by atoms with E-state index in [2.05, 4.69) is 5.32 Å². The number of amides is 2. The Morgan fingerprint density at radius 2 is 1.84 bits per heavy atom. The van der Waals surface area contributed by atoms with Gasteiger partial charge in [-0.05, 0) is 45.1 Å². The number of likely N-dealkylation sites (tertiary alicyclic amines) is 1. The van der Waals surface area contributed by atoms with Crippen LogP contribution < -0.4 is 5.32 Å². The van der Waals surface area contributed by atoms with Crippen LogP contribution in [-0.2, 0) is 9.53 Å². The molecule has 1 heterocycles. The Balaban J connectivity index is 2.14. The van der Waals surface area contributed by atoms with Crippen LogP contribution in [0.1, 0.15) is 59.6 Å². The van der Waals surface area contributed by atoms with Crippen LogP contribution in [0.3, 0.4) is 0 Å². The summed E-state index contributed by atoms with van der Waals surface area (Å²) in [6, 6.07) is 9.16. The van der Waals surface area contributed by atoms with Crippen LogP contribution in [0.4, 0.5) is 4.79 Å². The molecule has 0 aromatic heterocycles. The highest BCUT2D eigenvalue weighted by atomic mass is 16.6. The molecule has 1 aliphatic rings. The number of carbonyl (C=O) groups excluding carboxylic acids is 2. The first kappa shape index (κ1) is 19.3. The molecule has 5 heteroatoms. The van der Waals surface area contributed by atoms with E-state index < -0.39 is 17.7 Å². The van der Waals surface area contributed by atoms with Crippen molar-refractivity contribution in [3.63, 3.8) is 0 Å². The highest BCUT2D eigenvalue weighted by molar-refractivity contribution is 5.87. The van der Waals surface area contributed by atoms with E-state index in [9.17, 15) is 9.59 Å². The number of hydrogen-bond donors (Lipinski definition) is 1. The minimum atomic E-state index is -0.581. The zero-order valence-corrected chi connectivity index (χ0v) is 16.1. The molecule has 2 rings (SSSR count). The maximum atomic E-state index is 13.0. The van der Waals surface area contributed by atoms with E-state index >= 15 is 0 Å². The first-order valence-electron chi connectivity index (χ1n) is 8.86. The molecular formula is C20H30N2O3. The Hall–Kier alpha value is -2.04. The average Bonchev–Trinajstić information content (AvgIpc) is 2.82. The number of carbonyl (C=O) groups is 2. The summed E-state index contributed by atoms with van der Waals surface area (Å²) >= 11 is 0. The van der Waals surface area contributed by atoms with Gasteiger partial charge in [-0.3, -0.25) is 9.69 Å². The van der Waals surface area contributed by atoms with Crippen molar-refractivity contribution in [3.05, 3.63) is 35.9 Å². The molecule has 1 saturated heterocycles. The van der Waals surface area contributed by atoms with Gasteiger partial charge in [-0.15, -0.1) is 0 Å². The highest BCUT2D eigenvalue weighted by Crippen LogP contribution is 2.37. The van der Waals surface area contributed by atoms with Crippen LogP contribution in [0.25, 0.3) is 0 Å². The fourth-order valence-electron chi connectivity index (χ4n) is 3.23. The van der Waals surface area contributed by atoms with Crippen LogP contribution in [0.2, 0.25) is 0 Å². The van der Waals surface area contributed by atoms with Crippen molar-refractivity contribution in [2.24, 2.45) is 5.41 Å². The van der Waals surface area contributed by atoms with Gasteiger partial charge in [0, 0.05) is 6.54 Å². The summed E-state index contributed by atoms with van der Waals surface area (Å²) < 4.78 is 5.49. The molecule has 1 aromatic carbocycles. The van der Waals surface area contributed by atoms with Crippen molar-refractivity contribution in [3.8, 4) is 0 Å². The van der Waals surface area contributed by atoms with Crippen LogP contribution >= 0.6 is 0 Å². The second kappa shape index (κ2) is 7.06. The minimum absolute atomic E-state index is 0.120. The lowest BCUT2D eigenvalue weighted by Gasteiger charge is -2.33. The number of nitrogens with one attached hydrogen (secondary N) is 1. The van der Waals surface area contributed by atoms with Crippen molar-refractivity contribution in [1.29, 1.82) is 0 Å². The SMILES string of the molecule is C[C@@H](NC(=O)[C@H]1N(C(=O)OC(C)(C)C)CCC1(C)C)c1ccccc1. The molecular weight excluding hydrogens is 316 g/mol. The topological polar surface area (TPSA) is 58.6 Å². The van der Waals surface area contributed by atoms with E-state index in [1.165, 1.54) is 0 Å². The molecule has 2 atom stereocenters. The van der Waals surface area contributed by atoms with E-state index in [4.69, 9.17) is 4.74 Å². The van der Waals surface area contributed by atoms with E-state index in [1.54, 1.807) is 4.90 Å². The van der Waals surface area contributed by atoms with Crippen molar-refractivity contribution < 1.29 is 14.3 Å². The lowest BCUT2D eigenvalue weighted by atomic mass is 9.84. The van der Waals surface area contributed by atoms with Crippen LogP contribution in [-0.4, -0.2) is 35.1 Å². The standard InChI is InChI=1S/C20H30N2O3/c1-14(15-10-8-7-9-11-15)21-17(23)16-20(5,6)12-13-22(16)18(24)25-19(2,3)4/h7-11,14,16H,12-13H2,1-6H3,(H,21,23)/t14-,16-/m1/s1. The van der Waals surface area contributed by atoms with Gasteiger partial charge in [-0.2, -0.15) is 0 Å². The van der Waals surface area contributed by atoms with E-state index in [-0.39, 0.29) is 17.4 Å². The summed E-state index contributed by atoms with van der Waals surface area (Å²) in [6.45, 7) is 12.0. The molecule has 1 aromatic rings. The largest absolute Gasteiger partial charge is 0.444 e. The summed E-state index contributed by atoms with van der Waals surface area (Å²) in [7, 11) is 0. The molecule has 138 valence electrons. The molecule has 0 saturated carbocycles.